The molecule has 0 saturated carbocycles. The van der Waals surface area contributed by atoms with Gasteiger partial charge in [0.05, 0.1) is 4.92 Å². The maximum Gasteiger partial charge on any atom is 0.297 e. The van der Waals surface area contributed by atoms with Crippen LogP contribution in [0, 0.1) is 10.1 Å². The molecule has 0 unspecified atom stereocenters. The predicted molar refractivity (Wildman–Crippen MR) is 84.8 cm³/mol. The molecule has 1 aromatic rings. The van der Waals surface area contributed by atoms with E-state index < -0.39 is 13.0 Å². The van der Waals surface area contributed by atoms with Crippen molar-refractivity contribution >= 4 is 35.4 Å². The Morgan fingerprint density at radius 3 is 2.60 bits per heavy atom. The van der Waals surface area contributed by atoms with Gasteiger partial charge in [-0.05, 0) is 12.1 Å². The number of nitrogens with two attached hydrogens (primary N) is 1. The van der Waals surface area contributed by atoms with E-state index in [-0.39, 0.29) is 23.9 Å². The van der Waals surface area contributed by atoms with Gasteiger partial charge in [0, 0.05) is 25.2 Å². The Morgan fingerprint density at radius 1 is 1.40 bits per heavy atom. The number of nitro benzene ring substituents is 1. The largest absolute Gasteiger partial charge is 0.465 e. The zero-order valence-electron chi connectivity index (χ0n) is 11.8. The van der Waals surface area contributed by atoms with Crippen LogP contribution in [-0.4, -0.2) is 26.4 Å². The van der Waals surface area contributed by atoms with Crippen molar-refractivity contribution in [2.24, 2.45) is 0 Å². The second kappa shape index (κ2) is 7.05. The van der Waals surface area contributed by atoms with E-state index in [1.807, 2.05) is 0 Å². The minimum absolute atomic E-state index is 0.00648. The SMILES string of the molecule is C[Si](C)(C)CCOCOc1cc(Br)cc([N+](=O)[O-])c1N. The highest BCUT2D eigenvalue weighted by molar-refractivity contribution is 9.10. The average molecular weight is 363 g/mol. The number of nitrogens with zero attached hydrogens (tertiary/aromatic N) is 1. The summed E-state index contributed by atoms with van der Waals surface area (Å²) in [6.07, 6.45) is 0. The van der Waals surface area contributed by atoms with E-state index in [0.29, 0.717) is 11.1 Å². The lowest BCUT2D eigenvalue weighted by Crippen LogP contribution is -2.22. The fourth-order valence-electron chi connectivity index (χ4n) is 1.39. The number of nitro groups is 1. The summed E-state index contributed by atoms with van der Waals surface area (Å²) in [5.41, 5.74) is 5.52. The lowest BCUT2D eigenvalue weighted by Gasteiger charge is -2.16. The van der Waals surface area contributed by atoms with Gasteiger partial charge < -0.3 is 15.2 Å². The molecule has 0 aliphatic heterocycles. The van der Waals surface area contributed by atoms with E-state index in [1.54, 1.807) is 6.07 Å². The minimum atomic E-state index is -1.13. The van der Waals surface area contributed by atoms with Crippen molar-refractivity contribution < 1.29 is 14.4 Å². The summed E-state index contributed by atoms with van der Waals surface area (Å²) < 4.78 is 11.3. The molecule has 0 aliphatic carbocycles. The first-order valence-corrected chi connectivity index (χ1v) is 10.6. The van der Waals surface area contributed by atoms with Gasteiger partial charge in [0.1, 0.15) is 0 Å². The quantitative estimate of drug-likeness (QED) is 0.200. The summed E-state index contributed by atoms with van der Waals surface area (Å²) in [7, 11) is -1.13. The molecule has 0 atom stereocenters. The Morgan fingerprint density at radius 2 is 2.05 bits per heavy atom. The monoisotopic (exact) mass is 362 g/mol. The third-order valence-electron chi connectivity index (χ3n) is 2.58. The molecule has 112 valence electrons. The zero-order chi connectivity index (χ0) is 15.3. The topological polar surface area (TPSA) is 87.6 Å². The molecule has 8 heteroatoms. The molecule has 0 saturated heterocycles. The van der Waals surface area contributed by atoms with Crippen LogP contribution in [0.15, 0.2) is 16.6 Å². The van der Waals surface area contributed by atoms with Crippen LogP contribution < -0.4 is 10.5 Å². The van der Waals surface area contributed by atoms with Gasteiger partial charge in [-0.2, -0.15) is 0 Å². The predicted octanol–water partition coefficient (Wildman–Crippen LogP) is 3.63. The summed E-state index contributed by atoms with van der Waals surface area (Å²) in [4.78, 5) is 10.3. The first kappa shape index (κ1) is 16.9. The number of hydrogen-bond acceptors (Lipinski definition) is 5. The molecule has 0 aliphatic rings. The molecule has 0 radical (unpaired) electrons. The number of anilines is 1. The molecule has 0 fully saturated rings. The molecule has 0 heterocycles. The van der Waals surface area contributed by atoms with Gasteiger partial charge in [-0.15, -0.1) is 0 Å². The smallest absolute Gasteiger partial charge is 0.297 e. The molecule has 0 spiro atoms. The highest BCUT2D eigenvalue weighted by Gasteiger charge is 2.18. The van der Waals surface area contributed by atoms with Crippen molar-refractivity contribution in [3.8, 4) is 5.75 Å². The van der Waals surface area contributed by atoms with Crippen molar-refractivity contribution in [2.75, 3.05) is 19.1 Å². The molecule has 0 aromatic heterocycles. The maximum atomic E-state index is 10.8. The number of nitrogen functional groups attached to an aromatic ring is 1. The first-order valence-electron chi connectivity index (χ1n) is 6.14. The summed E-state index contributed by atoms with van der Waals surface area (Å²) in [6, 6.07) is 3.96. The number of benzene rings is 1. The number of ether oxygens (including phenoxy) is 2. The van der Waals surface area contributed by atoms with E-state index in [2.05, 4.69) is 35.6 Å². The molecule has 2 N–H and O–H groups in total. The average Bonchev–Trinajstić information content (AvgIpc) is 2.30. The van der Waals surface area contributed by atoms with E-state index in [9.17, 15) is 10.1 Å². The molecule has 6 nitrogen and oxygen atoms in total. The maximum absolute atomic E-state index is 10.8. The molecule has 1 aromatic carbocycles. The van der Waals surface area contributed by atoms with Crippen LogP contribution in [0.25, 0.3) is 0 Å². The van der Waals surface area contributed by atoms with E-state index in [4.69, 9.17) is 15.2 Å². The lowest BCUT2D eigenvalue weighted by molar-refractivity contribution is -0.384. The van der Waals surface area contributed by atoms with Crippen molar-refractivity contribution in [2.45, 2.75) is 25.7 Å². The van der Waals surface area contributed by atoms with Crippen LogP contribution in [0.3, 0.4) is 0 Å². The summed E-state index contributed by atoms with van der Waals surface area (Å²) >= 11 is 3.19. The van der Waals surface area contributed by atoms with Gasteiger partial charge in [0.2, 0.25) is 0 Å². The molecular formula is C12H19BrN2O4Si. The third-order valence-corrected chi connectivity index (χ3v) is 4.74. The van der Waals surface area contributed by atoms with E-state index in [0.717, 1.165) is 6.04 Å². The van der Waals surface area contributed by atoms with Gasteiger partial charge in [0.15, 0.2) is 18.2 Å². The second-order valence-electron chi connectivity index (χ2n) is 5.57. The summed E-state index contributed by atoms with van der Waals surface area (Å²) in [6.45, 7) is 7.42. The Bertz CT molecular complexity index is 491. The molecule has 0 bridgehead atoms. The van der Waals surface area contributed by atoms with Crippen molar-refractivity contribution in [1.82, 2.24) is 0 Å². The lowest BCUT2D eigenvalue weighted by atomic mass is 10.2. The van der Waals surface area contributed by atoms with E-state index >= 15 is 0 Å². The van der Waals surface area contributed by atoms with Gasteiger partial charge >= 0.3 is 0 Å². The van der Waals surface area contributed by atoms with Crippen LogP contribution in [0.1, 0.15) is 0 Å². The molecular weight excluding hydrogens is 344 g/mol. The Hall–Kier alpha value is -1.12. The Labute approximate surface area is 127 Å². The van der Waals surface area contributed by atoms with Crippen molar-refractivity contribution in [1.29, 1.82) is 0 Å². The minimum Gasteiger partial charge on any atom is -0.465 e. The normalized spacial score (nSPS) is 11.4. The van der Waals surface area contributed by atoms with Crippen LogP contribution in [0.2, 0.25) is 25.7 Å². The summed E-state index contributed by atoms with van der Waals surface area (Å²) in [5, 5.41) is 10.8. The fourth-order valence-corrected chi connectivity index (χ4v) is 2.57. The highest BCUT2D eigenvalue weighted by atomic mass is 79.9. The second-order valence-corrected chi connectivity index (χ2v) is 12.1. The zero-order valence-corrected chi connectivity index (χ0v) is 14.4. The highest BCUT2D eigenvalue weighted by Crippen LogP contribution is 2.35. The standard InChI is InChI=1S/C12H19BrN2O4Si/c1-20(2,3)5-4-18-8-19-11-7-9(13)6-10(12(11)14)15(16)17/h6-7H,4-5,8,14H2,1-3H3. The number of rotatable bonds is 7. The Balaban J connectivity index is 2.58. The first-order chi connectivity index (χ1) is 9.20. The van der Waals surface area contributed by atoms with Crippen LogP contribution in [-0.2, 0) is 4.74 Å². The summed E-state index contributed by atoms with van der Waals surface area (Å²) in [5.74, 6) is 0.249. The van der Waals surface area contributed by atoms with Crippen LogP contribution in [0.5, 0.6) is 5.75 Å². The molecule has 1 rings (SSSR count). The van der Waals surface area contributed by atoms with Gasteiger partial charge in [-0.25, -0.2) is 0 Å². The number of hydrogen-bond donors (Lipinski definition) is 1. The van der Waals surface area contributed by atoms with Gasteiger partial charge in [0.25, 0.3) is 5.69 Å². The van der Waals surface area contributed by atoms with Gasteiger partial charge in [-0.3, -0.25) is 10.1 Å². The fraction of sp³-hybridized carbons (Fsp3) is 0.500. The Kier molecular flexibility index (Phi) is 5.97. The number of halogens is 1. The van der Waals surface area contributed by atoms with E-state index in [1.165, 1.54) is 6.07 Å². The van der Waals surface area contributed by atoms with Crippen molar-refractivity contribution in [3.05, 3.63) is 26.7 Å². The van der Waals surface area contributed by atoms with Gasteiger partial charge in [-0.1, -0.05) is 35.6 Å². The van der Waals surface area contributed by atoms with Crippen LogP contribution >= 0.6 is 15.9 Å². The molecule has 0 amide bonds. The van der Waals surface area contributed by atoms with Crippen LogP contribution in [0.4, 0.5) is 11.4 Å². The third kappa shape index (κ3) is 5.47. The molecule has 20 heavy (non-hydrogen) atoms. The van der Waals surface area contributed by atoms with Crippen molar-refractivity contribution in [3.63, 3.8) is 0 Å².